The zero-order valence-corrected chi connectivity index (χ0v) is 9.80. The van der Waals surface area contributed by atoms with Crippen LogP contribution in [0.1, 0.15) is 33.1 Å². The zero-order valence-electron chi connectivity index (χ0n) is 8.99. The molecule has 6 nitrogen and oxygen atoms in total. The normalized spacial score (nSPS) is 13.7. The number of hydrogen-bond donors (Lipinski definition) is 3. The second-order valence-corrected chi connectivity index (χ2v) is 4.84. The number of rotatable bonds is 8. The summed E-state index contributed by atoms with van der Waals surface area (Å²) < 4.78 is 27.1. The maximum absolute atomic E-state index is 11.2. The fourth-order valence-corrected chi connectivity index (χ4v) is 2.23. The molecule has 0 saturated heterocycles. The van der Waals surface area contributed by atoms with Gasteiger partial charge in [0.05, 0.1) is 0 Å². The van der Waals surface area contributed by atoms with Crippen LogP contribution >= 0.6 is 0 Å². The summed E-state index contributed by atoms with van der Waals surface area (Å²) in [4.78, 5) is 10.2. The summed E-state index contributed by atoms with van der Waals surface area (Å²) in [6.07, 6.45) is 1.04. The van der Waals surface area contributed by atoms with E-state index in [1.807, 2.05) is 0 Å². The lowest BCUT2D eigenvalue weighted by Gasteiger charge is -2.13. The Morgan fingerprint density at radius 1 is 1.47 bits per heavy atom. The molecule has 0 aliphatic carbocycles. The van der Waals surface area contributed by atoms with Crippen LogP contribution in [0.15, 0.2) is 0 Å². The molecule has 0 saturated carbocycles. The molecule has 0 radical (unpaired) electrons. The van der Waals surface area contributed by atoms with Crippen LogP contribution in [0.2, 0.25) is 0 Å². The van der Waals surface area contributed by atoms with Gasteiger partial charge in [-0.15, -0.1) is 0 Å². The Morgan fingerprint density at radius 2 is 2.07 bits per heavy atom. The Balaban J connectivity index is 3.83. The van der Waals surface area contributed by atoms with Crippen LogP contribution in [-0.2, 0) is 15.0 Å². The third-order valence-corrected chi connectivity index (χ3v) is 3.10. The monoisotopic (exact) mass is 238 g/mol. The van der Waals surface area contributed by atoms with Crippen molar-refractivity contribution in [3.8, 4) is 0 Å². The number of carboxylic acids is 1. The van der Waals surface area contributed by atoms with E-state index >= 15 is 0 Å². The highest BCUT2D eigenvalue weighted by atomic mass is 32.2. The van der Waals surface area contributed by atoms with Gasteiger partial charge in [-0.25, -0.2) is 4.72 Å². The third-order valence-electron chi connectivity index (χ3n) is 1.72. The van der Waals surface area contributed by atoms with E-state index in [1.54, 1.807) is 13.8 Å². The third kappa shape index (κ3) is 8.34. The quantitative estimate of drug-likeness (QED) is 0.557. The highest BCUT2D eigenvalue weighted by Crippen LogP contribution is 2.01. The molecule has 15 heavy (non-hydrogen) atoms. The van der Waals surface area contributed by atoms with Crippen molar-refractivity contribution in [1.82, 2.24) is 9.44 Å². The van der Waals surface area contributed by atoms with Crippen LogP contribution in [0.5, 0.6) is 0 Å². The van der Waals surface area contributed by atoms with Crippen LogP contribution in [0.25, 0.3) is 0 Å². The first-order valence-corrected chi connectivity index (χ1v) is 6.34. The van der Waals surface area contributed by atoms with Gasteiger partial charge in [0.2, 0.25) is 0 Å². The first-order valence-electron chi connectivity index (χ1n) is 4.86. The molecule has 0 aromatic rings. The molecule has 0 aromatic carbocycles. The number of carboxylic acid groups (broad SMARTS) is 1. The summed E-state index contributed by atoms with van der Waals surface area (Å²) in [5, 5.41) is 8.39. The van der Waals surface area contributed by atoms with Gasteiger partial charge in [-0.3, -0.25) is 4.79 Å². The van der Waals surface area contributed by atoms with E-state index in [4.69, 9.17) is 5.11 Å². The Bertz CT molecular complexity index is 289. The Kier molecular flexibility index (Phi) is 6.46. The lowest BCUT2D eigenvalue weighted by atomic mass is 10.1. The number of aliphatic carboxylic acids is 1. The average Bonchev–Trinajstić information content (AvgIpc) is 2.01. The Labute approximate surface area is 90.2 Å². The Morgan fingerprint density at radius 3 is 2.53 bits per heavy atom. The maximum atomic E-state index is 11.2. The van der Waals surface area contributed by atoms with E-state index in [9.17, 15) is 13.2 Å². The van der Waals surface area contributed by atoms with Crippen LogP contribution in [-0.4, -0.2) is 32.1 Å². The molecular formula is C8H18N2O4S. The summed E-state index contributed by atoms with van der Waals surface area (Å²) in [6, 6.07) is -0.256. The summed E-state index contributed by atoms with van der Waals surface area (Å²) >= 11 is 0. The molecular weight excluding hydrogens is 220 g/mol. The fraction of sp³-hybridized carbons (Fsp3) is 0.875. The average molecular weight is 238 g/mol. The van der Waals surface area contributed by atoms with Gasteiger partial charge in [-0.2, -0.15) is 13.1 Å². The van der Waals surface area contributed by atoms with Crippen molar-refractivity contribution in [1.29, 1.82) is 0 Å². The van der Waals surface area contributed by atoms with Gasteiger partial charge in [0.15, 0.2) is 0 Å². The minimum Gasteiger partial charge on any atom is -0.481 e. The van der Waals surface area contributed by atoms with Crippen LogP contribution in [0.3, 0.4) is 0 Å². The van der Waals surface area contributed by atoms with Gasteiger partial charge in [0, 0.05) is 19.0 Å². The lowest BCUT2D eigenvalue weighted by molar-refractivity contribution is -0.137. The molecule has 1 unspecified atom stereocenters. The van der Waals surface area contributed by atoms with Crippen molar-refractivity contribution in [3.05, 3.63) is 0 Å². The molecule has 0 amide bonds. The minimum atomic E-state index is -3.43. The van der Waals surface area contributed by atoms with Gasteiger partial charge in [-0.1, -0.05) is 6.92 Å². The molecule has 7 heteroatoms. The van der Waals surface area contributed by atoms with Crippen molar-refractivity contribution in [2.24, 2.45) is 0 Å². The largest absolute Gasteiger partial charge is 0.481 e. The van der Waals surface area contributed by atoms with Crippen LogP contribution in [0.4, 0.5) is 0 Å². The second-order valence-electron chi connectivity index (χ2n) is 3.31. The van der Waals surface area contributed by atoms with E-state index in [0.717, 1.165) is 0 Å². The van der Waals surface area contributed by atoms with Gasteiger partial charge >= 0.3 is 5.97 Å². The molecule has 3 N–H and O–H groups in total. The number of hydrogen-bond acceptors (Lipinski definition) is 3. The molecule has 0 rings (SSSR count). The van der Waals surface area contributed by atoms with Crippen LogP contribution < -0.4 is 9.44 Å². The maximum Gasteiger partial charge on any atom is 0.303 e. The van der Waals surface area contributed by atoms with Gasteiger partial charge < -0.3 is 5.11 Å². The van der Waals surface area contributed by atoms with E-state index < -0.39 is 16.2 Å². The van der Waals surface area contributed by atoms with Crippen molar-refractivity contribution in [2.75, 3.05) is 6.54 Å². The molecule has 1 atom stereocenters. The summed E-state index contributed by atoms with van der Waals surface area (Å²) in [5.41, 5.74) is 0. The molecule has 0 fully saturated rings. The molecule has 0 aromatic heterocycles. The van der Waals surface area contributed by atoms with Crippen molar-refractivity contribution in [2.45, 2.75) is 39.2 Å². The topological polar surface area (TPSA) is 95.5 Å². The smallest absolute Gasteiger partial charge is 0.303 e. The van der Waals surface area contributed by atoms with E-state index in [-0.39, 0.29) is 12.5 Å². The van der Waals surface area contributed by atoms with Crippen molar-refractivity contribution in [3.63, 3.8) is 0 Å². The highest BCUT2D eigenvalue weighted by molar-refractivity contribution is 7.87. The highest BCUT2D eigenvalue weighted by Gasteiger charge is 2.12. The van der Waals surface area contributed by atoms with E-state index in [0.29, 0.717) is 19.4 Å². The standard InChI is InChI=1S/C8H18N2O4S/c1-3-9-15(13,14)10-7(2)5-4-6-8(11)12/h7,9-10H,3-6H2,1-2H3,(H,11,12). The predicted octanol–water partition coefficient (Wildman–Crippen LogP) is 0.0737. The summed E-state index contributed by atoms with van der Waals surface area (Å²) in [7, 11) is -3.43. The van der Waals surface area contributed by atoms with Crippen LogP contribution in [0, 0.1) is 0 Å². The Hall–Kier alpha value is -0.660. The SMILES string of the molecule is CCNS(=O)(=O)NC(C)CCCC(=O)O. The first kappa shape index (κ1) is 14.3. The van der Waals surface area contributed by atoms with E-state index in [1.165, 1.54) is 0 Å². The van der Waals surface area contributed by atoms with Crippen molar-refractivity contribution >= 4 is 16.2 Å². The fourth-order valence-electron chi connectivity index (χ4n) is 1.11. The molecule has 90 valence electrons. The van der Waals surface area contributed by atoms with E-state index in [2.05, 4.69) is 9.44 Å². The minimum absolute atomic E-state index is 0.0628. The zero-order chi connectivity index (χ0) is 11.9. The molecule has 0 aliphatic rings. The first-order chi connectivity index (χ1) is 6.87. The molecule has 0 aliphatic heterocycles. The van der Waals surface area contributed by atoms with Crippen molar-refractivity contribution < 1.29 is 18.3 Å². The summed E-state index contributed by atoms with van der Waals surface area (Å²) in [5.74, 6) is -0.864. The number of nitrogens with one attached hydrogen (secondary N) is 2. The number of carbonyl (C=O) groups is 1. The molecule has 0 spiro atoms. The summed E-state index contributed by atoms with van der Waals surface area (Å²) in [6.45, 7) is 3.72. The van der Waals surface area contributed by atoms with Gasteiger partial charge in [-0.05, 0) is 19.8 Å². The van der Waals surface area contributed by atoms with Gasteiger partial charge in [0.25, 0.3) is 10.2 Å². The molecule has 0 bridgehead atoms. The predicted molar refractivity (Wildman–Crippen MR) is 56.7 cm³/mol. The second kappa shape index (κ2) is 6.76. The molecule has 0 heterocycles. The lowest BCUT2D eigenvalue weighted by Crippen LogP contribution is -2.41. The van der Waals surface area contributed by atoms with Gasteiger partial charge in [0.1, 0.15) is 0 Å².